The lowest BCUT2D eigenvalue weighted by Gasteiger charge is -2.40. The summed E-state index contributed by atoms with van der Waals surface area (Å²) in [6.07, 6.45) is -2.74. The van der Waals surface area contributed by atoms with Crippen LogP contribution in [0.15, 0.2) is 24.0 Å². The Labute approximate surface area is 259 Å². The van der Waals surface area contributed by atoms with E-state index in [2.05, 4.69) is 15.3 Å². The second kappa shape index (κ2) is 11.6. The molecule has 2 bridgehead atoms. The van der Waals surface area contributed by atoms with Gasteiger partial charge in [-0.05, 0) is 44.0 Å². The maximum Gasteiger partial charge on any atom is 0.419 e. The third-order valence-electron chi connectivity index (χ3n) is 9.12. The Morgan fingerprint density at radius 3 is 2.46 bits per heavy atom. The van der Waals surface area contributed by atoms with E-state index in [-0.39, 0.29) is 42.0 Å². The van der Waals surface area contributed by atoms with Crippen LogP contribution in [0, 0.1) is 34.2 Å². The van der Waals surface area contributed by atoms with Crippen LogP contribution in [0.3, 0.4) is 0 Å². The van der Waals surface area contributed by atoms with E-state index in [0.29, 0.717) is 44.5 Å². The highest BCUT2D eigenvalue weighted by molar-refractivity contribution is 5.95. The van der Waals surface area contributed by atoms with E-state index >= 15 is 8.78 Å². The van der Waals surface area contributed by atoms with Gasteiger partial charge in [0.1, 0.15) is 41.2 Å². The van der Waals surface area contributed by atoms with Crippen molar-refractivity contribution >= 4 is 22.4 Å². The molecule has 1 aromatic heterocycles. The maximum atomic E-state index is 16.6. The molecular weight excluding hydrogens is 619 g/mol. The molecule has 3 saturated heterocycles. The topological polar surface area (TPSA) is 103 Å². The number of piperidine rings is 1. The van der Waals surface area contributed by atoms with E-state index in [4.69, 9.17) is 10.5 Å². The van der Waals surface area contributed by atoms with Crippen LogP contribution in [0.4, 0.5) is 42.2 Å². The van der Waals surface area contributed by atoms with Crippen LogP contribution in [0.25, 0.3) is 22.0 Å². The Kier molecular flexibility index (Phi) is 8.00. The number of fused-ring (bicyclic) bond motifs is 3. The Balaban J connectivity index is 1.56. The van der Waals surface area contributed by atoms with E-state index in [1.165, 1.54) is 6.07 Å². The van der Waals surface area contributed by atoms with Gasteiger partial charge in [0, 0.05) is 54.6 Å². The molecule has 0 spiro atoms. The molecule has 3 aliphatic rings. The number of hydrogen-bond donors (Lipinski definition) is 2. The van der Waals surface area contributed by atoms with Crippen molar-refractivity contribution in [2.24, 2.45) is 5.41 Å². The monoisotopic (exact) mass is 649 g/mol. The van der Waals surface area contributed by atoms with Gasteiger partial charge in [-0.2, -0.15) is 28.4 Å². The molecule has 6 rings (SSSR count). The molecule has 0 aliphatic carbocycles. The molecule has 3 aromatic rings. The molecular formula is C31H30F7N7O. The highest BCUT2D eigenvalue weighted by atomic mass is 19.4. The SMILES string of the molecule is CN1CC/C(=C\F)[C@](C)(COc2nc(N3C[C@H]4CC[C@@H](C3)N4)c3cc(F)c(-c4c(C#N)c(N)cc(F)c4C(F)(F)F)c(F)c3n2)C1. The number of halogens is 7. The smallest absolute Gasteiger partial charge is 0.419 e. The minimum atomic E-state index is -5.44. The summed E-state index contributed by atoms with van der Waals surface area (Å²) in [5.74, 6) is -4.89. The van der Waals surface area contributed by atoms with E-state index in [1.807, 2.05) is 11.9 Å². The molecule has 0 radical (unpaired) electrons. The average molecular weight is 650 g/mol. The first-order valence-corrected chi connectivity index (χ1v) is 14.7. The molecule has 3 N–H and O–H groups in total. The Hall–Kier alpha value is -4.16. The zero-order valence-corrected chi connectivity index (χ0v) is 24.9. The summed E-state index contributed by atoms with van der Waals surface area (Å²) < 4.78 is 110. The number of likely N-dealkylation sites (tertiary alicyclic amines) is 1. The molecule has 46 heavy (non-hydrogen) atoms. The quantitative estimate of drug-likeness (QED) is 0.268. The fourth-order valence-electron chi connectivity index (χ4n) is 6.92. The third-order valence-corrected chi connectivity index (χ3v) is 9.12. The largest absolute Gasteiger partial charge is 0.462 e. The lowest BCUT2D eigenvalue weighted by atomic mass is 9.78. The number of piperazine rings is 1. The van der Waals surface area contributed by atoms with Crippen LogP contribution in [0.5, 0.6) is 6.01 Å². The molecule has 15 heteroatoms. The third kappa shape index (κ3) is 5.47. The van der Waals surface area contributed by atoms with E-state index < -0.39 is 62.5 Å². The average Bonchev–Trinajstić information content (AvgIpc) is 3.32. The number of nitrogen functional groups attached to an aromatic ring is 1. The number of rotatable bonds is 5. The zero-order chi connectivity index (χ0) is 33.1. The highest BCUT2D eigenvalue weighted by Crippen LogP contribution is 2.46. The molecule has 2 aromatic carbocycles. The number of aromatic nitrogens is 2. The first kappa shape index (κ1) is 31.8. The minimum Gasteiger partial charge on any atom is -0.462 e. The number of anilines is 2. The van der Waals surface area contributed by atoms with Crippen molar-refractivity contribution in [1.82, 2.24) is 20.2 Å². The van der Waals surface area contributed by atoms with Crippen LogP contribution in [-0.4, -0.2) is 66.8 Å². The second-order valence-corrected chi connectivity index (χ2v) is 12.5. The summed E-state index contributed by atoms with van der Waals surface area (Å²) in [7, 11) is 1.87. The highest BCUT2D eigenvalue weighted by Gasteiger charge is 2.42. The van der Waals surface area contributed by atoms with Gasteiger partial charge in [0.15, 0.2) is 5.82 Å². The Bertz CT molecular complexity index is 1780. The van der Waals surface area contributed by atoms with E-state index in [1.54, 1.807) is 11.8 Å². The molecule has 4 heterocycles. The number of nitrogens with one attached hydrogen (secondary N) is 1. The molecule has 0 saturated carbocycles. The van der Waals surface area contributed by atoms with Gasteiger partial charge in [0.25, 0.3) is 0 Å². The van der Waals surface area contributed by atoms with Gasteiger partial charge in [-0.3, -0.25) is 0 Å². The maximum absolute atomic E-state index is 16.6. The minimum absolute atomic E-state index is 0.0684. The fourth-order valence-corrected chi connectivity index (χ4v) is 6.92. The summed E-state index contributed by atoms with van der Waals surface area (Å²) in [6, 6.07) is 2.27. The van der Waals surface area contributed by atoms with Crippen molar-refractivity contribution in [3.8, 4) is 23.2 Å². The number of benzene rings is 2. The standard InChI is InChI=1S/C31H30F7N7O/c1-30(13-44(2)6-5-15(30)9-32)14-46-29-42-27-18(28(43-29)45-11-16-3-4-17(12-45)41-16)7-20(33)24(26(27)35)23-19(10-39)22(40)8-21(34)25(23)31(36,37)38/h7-9,16-17,41H,3-6,11-14,40H2,1-2H3/b15-9+/t16-,17+,30-/m0/s1. The zero-order valence-electron chi connectivity index (χ0n) is 24.9. The predicted molar refractivity (Wildman–Crippen MR) is 156 cm³/mol. The molecule has 244 valence electrons. The van der Waals surface area contributed by atoms with Crippen molar-refractivity contribution in [3.05, 3.63) is 52.6 Å². The Morgan fingerprint density at radius 1 is 1.13 bits per heavy atom. The summed E-state index contributed by atoms with van der Waals surface area (Å²) in [4.78, 5) is 12.5. The normalized spacial score (nSPS) is 24.5. The van der Waals surface area contributed by atoms with Crippen LogP contribution < -0.4 is 20.7 Å². The number of ether oxygens (including phenoxy) is 1. The first-order chi connectivity index (χ1) is 21.7. The summed E-state index contributed by atoms with van der Waals surface area (Å²) in [6.45, 7) is 3.55. The predicted octanol–water partition coefficient (Wildman–Crippen LogP) is 5.70. The number of nitriles is 1. The van der Waals surface area contributed by atoms with Crippen LogP contribution in [0.2, 0.25) is 0 Å². The summed E-state index contributed by atoms with van der Waals surface area (Å²) in [5, 5.41) is 13.0. The van der Waals surface area contributed by atoms with Crippen molar-refractivity contribution in [2.45, 2.75) is 44.4 Å². The van der Waals surface area contributed by atoms with Gasteiger partial charge < -0.3 is 25.6 Å². The molecule has 8 nitrogen and oxygen atoms in total. The first-order valence-electron chi connectivity index (χ1n) is 14.7. The van der Waals surface area contributed by atoms with E-state index in [0.717, 1.165) is 18.9 Å². The van der Waals surface area contributed by atoms with Crippen LogP contribution in [0.1, 0.15) is 37.3 Å². The molecule has 0 unspecified atom stereocenters. The van der Waals surface area contributed by atoms with Gasteiger partial charge in [-0.15, -0.1) is 0 Å². The van der Waals surface area contributed by atoms with E-state index in [9.17, 15) is 27.2 Å². The summed E-state index contributed by atoms with van der Waals surface area (Å²) in [5.41, 5.74) is -1.67. The van der Waals surface area contributed by atoms with Crippen molar-refractivity contribution in [1.29, 1.82) is 5.26 Å². The molecule has 0 amide bonds. The van der Waals surface area contributed by atoms with Gasteiger partial charge in [-0.1, -0.05) is 6.92 Å². The number of nitrogens with two attached hydrogens (primary N) is 1. The van der Waals surface area contributed by atoms with Crippen LogP contribution >= 0.6 is 0 Å². The van der Waals surface area contributed by atoms with Crippen LogP contribution in [-0.2, 0) is 6.18 Å². The molecule has 3 atom stereocenters. The van der Waals surface area contributed by atoms with Crippen molar-refractivity contribution in [3.63, 3.8) is 0 Å². The molecule has 3 aliphatic heterocycles. The lowest BCUT2D eigenvalue weighted by molar-refractivity contribution is -0.139. The van der Waals surface area contributed by atoms with Crippen molar-refractivity contribution in [2.75, 3.05) is 50.5 Å². The van der Waals surface area contributed by atoms with Gasteiger partial charge in [0.05, 0.1) is 23.1 Å². The van der Waals surface area contributed by atoms with Gasteiger partial charge in [-0.25, -0.2) is 17.6 Å². The van der Waals surface area contributed by atoms with Gasteiger partial charge in [0.2, 0.25) is 0 Å². The number of hydrogen-bond acceptors (Lipinski definition) is 8. The Morgan fingerprint density at radius 2 is 1.83 bits per heavy atom. The van der Waals surface area contributed by atoms with Crippen molar-refractivity contribution < 1.29 is 35.5 Å². The number of alkyl halides is 3. The lowest BCUT2D eigenvalue weighted by Crippen LogP contribution is -2.51. The summed E-state index contributed by atoms with van der Waals surface area (Å²) >= 11 is 0. The second-order valence-electron chi connectivity index (χ2n) is 12.5. The number of nitrogens with zero attached hydrogens (tertiary/aromatic N) is 5. The van der Waals surface area contributed by atoms with Gasteiger partial charge >= 0.3 is 12.2 Å². The molecule has 3 fully saturated rings. The fraction of sp³-hybridized carbons (Fsp3) is 0.452.